The highest BCUT2D eigenvalue weighted by atomic mass is 16.5. The molecule has 0 aliphatic heterocycles. The van der Waals surface area contributed by atoms with Crippen LogP contribution >= 0.6 is 0 Å². The van der Waals surface area contributed by atoms with Crippen molar-refractivity contribution in [3.8, 4) is 0 Å². The number of unbranched alkanes of at least 4 members (excludes halogenated alkanes) is 1. The molecule has 0 amide bonds. The number of anilines is 1. The zero-order valence-electron chi connectivity index (χ0n) is 11.1. The van der Waals surface area contributed by atoms with E-state index in [0.29, 0.717) is 25.2 Å². The molecule has 1 heterocycles. The van der Waals surface area contributed by atoms with Crippen molar-refractivity contribution in [2.45, 2.75) is 32.6 Å². The van der Waals surface area contributed by atoms with E-state index in [-0.39, 0.29) is 18.7 Å². The average molecular weight is 283 g/mol. The molecule has 9 nitrogen and oxygen atoms in total. The number of ether oxygens (including phenoxy) is 1. The minimum absolute atomic E-state index is 0.0611. The number of carboxylic acids is 1. The van der Waals surface area contributed by atoms with Crippen LogP contribution in [0, 0.1) is 0 Å². The minimum Gasteiger partial charge on any atom is -0.481 e. The molecule has 9 heteroatoms. The van der Waals surface area contributed by atoms with Gasteiger partial charge in [-0.15, -0.1) is 0 Å². The number of H-pyrrole nitrogens is 1. The molecule has 0 aromatic carbocycles. The quantitative estimate of drug-likeness (QED) is 0.264. The number of hydrogen-bond acceptors (Lipinski definition) is 7. The molecule has 0 atom stereocenters. The van der Waals surface area contributed by atoms with Crippen molar-refractivity contribution in [1.82, 2.24) is 15.2 Å². The molecule has 0 saturated heterocycles. The molecule has 1 aromatic rings. The molecule has 0 bridgehead atoms. The molecule has 0 spiro atoms. The highest BCUT2D eigenvalue weighted by Crippen LogP contribution is 2.04. The third-order valence-electron chi connectivity index (χ3n) is 2.28. The van der Waals surface area contributed by atoms with E-state index in [1.54, 1.807) is 6.92 Å². The maximum Gasteiger partial charge on any atom is 0.354 e. The van der Waals surface area contributed by atoms with E-state index >= 15 is 0 Å². The number of carbonyl (C=O) groups excluding carboxylic acids is 1. The lowest BCUT2D eigenvalue weighted by Gasteiger charge is -2.05. The fourth-order valence-corrected chi connectivity index (χ4v) is 1.37. The average Bonchev–Trinajstić information content (AvgIpc) is 2.90. The standard InChI is InChI=1S/C11H17N5O4/c1-2-20-10(19)8(5-3-4-6-9(17)18)14-16-11-12-7-13-15-11/h7H,2-6H2,1H3,(H,17,18)(H2,12,13,15,16)/b14-8+. The highest BCUT2D eigenvalue weighted by molar-refractivity contribution is 6.36. The number of aliphatic carboxylic acids is 1. The normalized spacial score (nSPS) is 11.2. The lowest BCUT2D eigenvalue weighted by Crippen LogP contribution is -2.19. The van der Waals surface area contributed by atoms with Crippen molar-refractivity contribution in [3.63, 3.8) is 0 Å². The Morgan fingerprint density at radius 3 is 2.80 bits per heavy atom. The number of carbonyl (C=O) groups is 2. The number of nitrogens with one attached hydrogen (secondary N) is 2. The first-order chi connectivity index (χ1) is 9.63. The molecule has 0 fully saturated rings. The summed E-state index contributed by atoms with van der Waals surface area (Å²) in [5.74, 6) is -1.09. The molecule has 3 N–H and O–H groups in total. The number of hydrogen-bond donors (Lipinski definition) is 3. The summed E-state index contributed by atoms with van der Waals surface area (Å²) in [6, 6.07) is 0. The van der Waals surface area contributed by atoms with E-state index < -0.39 is 11.9 Å². The number of aromatic amines is 1. The van der Waals surface area contributed by atoms with Gasteiger partial charge in [-0.1, -0.05) is 0 Å². The Morgan fingerprint density at radius 1 is 1.45 bits per heavy atom. The van der Waals surface area contributed by atoms with Gasteiger partial charge in [-0.3, -0.25) is 4.79 Å². The van der Waals surface area contributed by atoms with E-state index in [0.717, 1.165) is 0 Å². The minimum atomic E-state index is -0.862. The summed E-state index contributed by atoms with van der Waals surface area (Å²) in [5.41, 5.74) is 2.74. The van der Waals surface area contributed by atoms with E-state index in [1.165, 1.54) is 6.33 Å². The van der Waals surface area contributed by atoms with Crippen LogP contribution < -0.4 is 5.43 Å². The van der Waals surface area contributed by atoms with Crippen LogP contribution in [0.2, 0.25) is 0 Å². The van der Waals surface area contributed by atoms with Gasteiger partial charge in [0.05, 0.1) is 6.61 Å². The number of rotatable bonds is 9. The van der Waals surface area contributed by atoms with Crippen molar-refractivity contribution >= 4 is 23.6 Å². The van der Waals surface area contributed by atoms with Gasteiger partial charge in [0.15, 0.2) is 0 Å². The maximum absolute atomic E-state index is 11.7. The Balaban J connectivity index is 2.53. The second-order valence-corrected chi connectivity index (χ2v) is 3.83. The first kappa shape index (κ1) is 15.6. The Hall–Kier alpha value is -2.45. The third-order valence-corrected chi connectivity index (χ3v) is 2.28. The SMILES string of the molecule is CCOC(=O)/C(CCCCC(=O)O)=N/Nc1ncn[nH]1. The molecule has 1 aromatic heterocycles. The Bertz CT molecular complexity index is 457. The highest BCUT2D eigenvalue weighted by Gasteiger charge is 2.13. The number of aromatic nitrogens is 3. The van der Waals surface area contributed by atoms with Gasteiger partial charge in [-0.2, -0.15) is 15.2 Å². The number of hydrazone groups is 1. The molecule has 0 saturated carbocycles. The first-order valence-electron chi connectivity index (χ1n) is 6.20. The molecule has 0 aliphatic carbocycles. The Morgan fingerprint density at radius 2 is 2.20 bits per heavy atom. The summed E-state index contributed by atoms with van der Waals surface area (Å²) < 4.78 is 4.88. The molecular weight excluding hydrogens is 266 g/mol. The molecule has 1 rings (SSSR count). The molecular formula is C11H17N5O4. The van der Waals surface area contributed by atoms with Gasteiger partial charge in [0.25, 0.3) is 0 Å². The molecule has 0 aliphatic rings. The predicted octanol–water partition coefficient (Wildman–Crippen LogP) is 0.781. The fraction of sp³-hybridized carbons (Fsp3) is 0.545. The zero-order chi connectivity index (χ0) is 14.8. The Labute approximate surface area is 115 Å². The third kappa shape index (κ3) is 5.94. The summed E-state index contributed by atoms with van der Waals surface area (Å²) >= 11 is 0. The van der Waals surface area contributed by atoms with E-state index in [2.05, 4.69) is 25.7 Å². The van der Waals surface area contributed by atoms with Crippen LogP contribution in [0.4, 0.5) is 5.95 Å². The van der Waals surface area contributed by atoms with Crippen LogP contribution in [0.25, 0.3) is 0 Å². The van der Waals surface area contributed by atoms with Crippen LogP contribution in [-0.2, 0) is 14.3 Å². The largest absolute Gasteiger partial charge is 0.481 e. The lowest BCUT2D eigenvalue weighted by molar-refractivity contribution is -0.137. The molecule has 20 heavy (non-hydrogen) atoms. The zero-order valence-corrected chi connectivity index (χ0v) is 11.1. The summed E-state index contributed by atoms with van der Waals surface area (Å²) in [4.78, 5) is 25.9. The van der Waals surface area contributed by atoms with Crippen molar-refractivity contribution in [1.29, 1.82) is 0 Å². The van der Waals surface area contributed by atoms with Crippen LogP contribution in [0.15, 0.2) is 11.4 Å². The van der Waals surface area contributed by atoms with Gasteiger partial charge in [-0.05, 0) is 26.2 Å². The van der Waals surface area contributed by atoms with Crippen LogP contribution in [0.3, 0.4) is 0 Å². The molecule has 0 unspecified atom stereocenters. The number of esters is 1. The fourth-order valence-electron chi connectivity index (χ4n) is 1.37. The van der Waals surface area contributed by atoms with Crippen LogP contribution in [0.5, 0.6) is 0 Å². The van der Waals surface area contributed by atoms with Gasteiger partial charge in [0, 0.05) is 6.42 Å². The summed E-state index contributed by atoms with van der Waals surface area (Å²) in [6.07, 6.45) is 2.69. The Kier molecular flexibility index (Phi) is 6.72. The predicted molar refractivity (Wildman–Crippen MR) is 70.2 cm³/mol. The van der Waals surface area contributed by atoms with Gasteiger partial charge in [0.2, 0.25) is 5.95 Å². The van der Waals surface area contributed by atoms with Gasteiger partial charge in [0.1, 0.15) is 12.0 Å². The van der Waals surface area contributed by atoms with E-state index in [9.17, 15) is 9.59 Å². The first-order valence-corrected chi connectivity index (χ1v) is 6.20. The monoisotopic (exact) mass is 283 g/mol. The lowest BCUT2D eigenvalue weighted by atomic mass is 10.1. The van der Waals surface area contributed by atoms with Crippen molar-refractivity contribution < 1.29 is 19.4 Å². The summed E-state index contributed by atoms with van der Waals surface area (Å²) in [7, 11) is 0. The van der Waals surface area contributed by atoms with Crippen LogP contribution in [0.1, 0.15) is 32.6 Å². The second kappa shape index (κ2) is 8.62. The molecule has 0 radical (unpaired) electrons. The molecule has 110 valence electrons. The van der Waals surface area contributed by atoms with Gasteiger partial charge < -0.3 is 9.84 Å². The van der Waals surface area contributed by atoms with Crippen molar-refractivity contribution in [2.24, 2.45) is 5.10 Å². The summed E-state index contributed by atoms with van der Waals surface area (Å²) in [6.45, 7) is 1.94. The van der Waals surface area contributed by atoms with E-state index in [4.69, 9.17) is 9.84 Å². The van der Waals surface area contributed by atoms with Crippen molar-refractivity contribution in [3.05, 3.63) is 6.33 Å². The number of carboxylic acid groups (broad SMARTS) is 1. The van der Waals surface area contributed by atoms with Crippen molar-refractivity contribution in [2.75, 3.05) is 12.0 Å². The smallest absolute Gasteiger partial charge is 0.354 e. The second-order valence-electron chi connectivity index (χ2n) is 3.83. The van der Waals surface area contributed by atoms with E-state index in [1.807, 2.05) is 0 Å². The van der Waals surface area contributed by atoms with Gasteiger partial charge >= 0.3 is 11.9 Å². The van der Waals surface area contributed by atoms with Gasteiger partial charge in [-0.25, -0.2) is 15.3 Å². The number of nitrogens with zero attached hydrogens (tertiary/aromatic N) is 3. The summed E-state index contributed by atoms with van der Waals surface area (Å²) in [5, 5.41) is 18.6. The maximum atomic E-state index is 11.7. The topological polar surface area (TPSA) is 130 Å². The van der Waals surface area contributed by atoms with Crippen LogP contribution in [-0.4, -0.2) is 44.5 Å².